The van der Waals surface area contributed by atoms with E-state index in [-0.39, 0.29) is 0 Å². The van der Waals surface area contributed by atoms with Gasteiger partial charge in [0.25, 0.3) is 0 Å². The molecule has 1 heterocycles. The van der Waals surface area contributed by atoms with Crippen molar-refractivity contribution in [3.63, 3.8) is 0 Å². The molecule has 0 spiro atoms. The van der Waals surface area contributed by atoms with E-state index in [2.05, 4.69) is 40.5 Å². The summed E-state index contributed by atoms with van der Waals surface area (Å²) in [4.78, 5) is 0. The highest BCUT2D eigenvalue weighted by Crippen LogP contribution is 2.11. The van der Waals surface area contributed by atoms with Crippen LogP contribution in [0.4, 0.5) is 0 Å². The SMILES string of the molecule is CC(C)CC1=NNCN1Br. The van der Waals surface area contributed by atoms with Gasteiger partial charge in [0.2, 0.25) is 0 Å². The highest BCUT2D eigenvalue weighted by molar-refractivity contribution is 9.07. The van der Waals surface area contributed by atoms with Crippen LogP contribution in [0.2, 0.25) is 0 Å². The van der Waals surface area contributed by atoms with Crippen molar-refractivity contribution in [2.24, 2.45) is 11.0 Å². The van der Waals surface area contributed by atoms with Crippen LogP contribution in [0.25, 0.3) is 0 Å². The third kappa shape index (κ3) is 1.87. The predicted molar refractivity (Wildman–Crippen MR) is 45.7 cm³/mol. The zero-order valence-electron chi connectivity index (χ0n) is 6.26. The quantitative estimate of drug-likeness (QED) is 0.693. The Morgan fingerprint density at radius 2 is 2.50 bits per heavy atom. The van der Waals surface area contributed by atoms with Crippen molar-refractivity contribution in [1.29, 1.82) is 0 Å². The Kier molecular flexibility index (Phi) is 2.54. The first-order valence-corrected chi connectivity index (χ1v) is 4.14. The molecule has 1 aliphatic heterocycles. The summed E-state index contributed by atoms with van der Waals surface area (Å²) < 4.78 is 1.95. The van der Waals surface area contributed by atoms with Crippen LogP contribution in [0, 0.1) is 5.92 Å². The Balaban J connectivity index is 2.40. The number of nitrogens with zero attached hydrogens (tertiary/aromatic N) is 2. The topological polar surface area (TPSA) is 27.6 Å². The second-order valence-corrected chi connectivity index (χ2v) is 3.66. The number of hydrogen-bond donors (Lipinski definition) is 1. The second-order valence-electron chi connectivity index (χ2n) is 2.80. The van der Waals surface area contributed by atoms with Crippen molar-refractivity contribution in [2.75, 3.05) is 6.67 Å². The summed E-state index contributed by atoms with van der Waals surface area (Å²) >= 11 is 3.37. The van der Waals surface area contributed by atoms with E-state index < -0.39 is 0 Å². The highest BCUT2D eigenvalue weighted by Gasteiger charge is 2.14. The Hall–Kier alpha value is -0.250. The molecule has 0 saturated heterocycles. The summed E-state index contributed by atoms with van der Waals surface area (Å²) in [6, 6.07) is 0. The molecule has 10 heavy (non-hydrogen) atoms. The van der Waals surface area contributed by atoms with E-state index in [1.807, 2.05) is 3.93 Å². The number of hydrogen-bond acceptors (Lipinski definition) is 3. The van der Waals surface area contributed by atoms with Crippen LogP contribution in [0.5, 0.6) is 0 Å². The minimum Gasteiger partial charge on any atom is -0.288 e. The maximum Gasteiger partial charge on any atom is 0.136 e. The summed E-state index contributed by atoms with van der Waals surface area (Å²) in [5, 5.41) is 4.10. The van der Waals surface area contributed by atoms with Crippen molar-refractivity contribution in [3.8, 4) is 0 Å². The normalized spacial score (nSPS) is 17.6. The fourth-order valence-electron chi connectivity index (χ4n) is 0.844. The maximum absolute atomic E-state index is 4.10. The van der Waals surface area contributed by atoms with E-state index in [4.69, 9.17) is 0 Å². The monoisotopic (exact) mass is 205 g/mol. The van der Waals surface area contributed by atoms with Gasteiger partial charge in [-0.15, -0.1) is 0 Å². The summed E-state index contributed by atoms with van der Waals surface area (Å²) in [5.74, 6) is 1.76. The van der Waals surface area contributed by atoms with Crippen molar-refractivity contribution in [3.05, 3.63) is 0 Å². The van der Waals surface area contributed by atoms with Crippen LogP contribution >= 0.6 is 16.1 Å². The minimum atomic E-state index is 0.665. The summed E-state index contributed by atoms with van der Waals surface area (Å²) in [6.45, 7) is 5.14. The van der Waals surface area contributed by atoms with Gasteiger partial charge in [0, 0.05) is 6.42 Å². The molecule has 4 heteroatoms. The van der Waals surface area contributed by atoms with Gasteiger partial charge in [-0.1, -0.05) is 13.8 Å². The first kappa shape index (κ1) is 7.85. The van der Waals surface area contributed by atoms with Gasteiger partial charge < -0.3 is 0 Å². The Morgan fingerprint density at radius 3 is 2.90 bits per heavy atom. The maximum atomic E-state index is 4.10. The van der Waals surface area contributed by atoms with E-state index in [9.17, 15) is 0 Å². The van der Waals surface area contributed by atoms with Crippen LogP contribution in [-0.4, -0.2) is 16.4 Å². The van der Waals surface area contributed by atoms with Gasteiger partial charge in [0.05, 0.1) is 16.1 Å². The van der Waals surface area contributed by atoms with Crippen LogP contribution in [0.1, 0.15) is 20.3 Å². The van der Waals surface area contributed by atoms with E-state index in [0.29, 0.717) is 5.92 Å². The van der Waals surface area contributed by atoms with E-state index in [0.717, 1.165) is 18.9 Å². The zero-order valence-corrected chi connectivity index (χ0v) is 7.85. The molecule has 58 valence electrons. The van der Waals surface area contributed by atoms with Crippen LogP contribution < -0.4 is 5.43 Å². The lowest BCUT2D eigenvalue weighted by Gasteiger charge is -2.10. The fourth-order valence-corrected chi connectivity index (χ4v) is 1.18. The van der Waals surface area contributed by atoms with E-state index in [1.165, 1.54) is 0 Å². The second kappa shape index (κ2) is 3.23. The smallest absolute Gasteiger partial charge is 0.136 e. The Morgan fingerprint density at radius 1 is 1.80 bits per heavy atom. The zero-order chi connectivity index (χ0) is 7.56. The molecule has 3 nitrogen and oxygen atoms in total. The van der Waals surface area contributed by atoms with Gasteiger partial charge in [0.15, 0.2) is 0 Å². The molecule has 0 aromatic heterocycles. The first-order valence-electron chi connectivity index (χ1n) is 3.43. The molecule has 1 aliphatic rings. The van der Waals surface area contributed by atoms with Crippen molar-refractivity contribution >= 4 is 22.0 Å². The molecule has 0 radical (unpaired) electrons. The molecule has 0 fully saturated rings. The number of amidine groups is 1. The Bertz CT molecular complexity index is 144. The van der Waals surface area contributed by atoms with Crippen molar-refractivity contribution in [2.45, 2.75) is 20.3 Å². The van der Waals surface area contributed by atoms with Crippen LogP contribution in [0.15, 0.2) is 5.10 Å². The lowest BCUT2D eigenvalue weighted by atomic mass is 10.1. The van der Waals surface area contributed by atoms with Crippen molar-refractivity contribution < 1.29 is 0 Å². The average molecular weight is 206 g/mol. The average Bonchev–Trinajstić information content (AvgIpc) is 2.15. The van der Waals surface area contributed by atoms with Crippen molar-refractivity contribution in [1.82, 2.24) is 9.35 Å². The molecule has 0 atom stereocenters. The number of hydrazone groups is 1. The third-order valence-electron chi connectivity index (χ3n) is 1.29. The van der Waals surface area contributed by atoms with Gasteiger partial charge in [-0.25, -0.2) is 0 Å². The van der Waals surface area contributed by atoms with Gasteiger partial charge in [0.1, 0.15) is 12.5 Å². The lowest BCUT2D eigenvalue weighted by molar-refractivity contribution is 0.622. The van der Waals surface area contributed by atoms with Crippen LogP contribution in [0.3, 0.4) is 0 Å². The Labute approximate surface area is 69.8 Å². The summed E-state index contributed by atoms with van der Waals surface area (Å²) in [6.07, 6.45) is 1.03. The lowest BCUT2D eigenvalue weighted by Crippen LogP contribution is -2.19. The van der Waals surface area contributed by atoms with Gasteiger partial charge in [-0.3, -0.25) is 9.35 Å². The first-order chi connectivity index (χ1) is 4.70. The molecule has 0 aromatic carbocycles. The minimum absolute atomic E-state index is 0.665. The molecule has 1 rings (SSSR count). The molecule has 0 bridgehead atoms. The molecule has 0 saturated carbocycles. The molecule has 1 N–H and O–H groups in total. The number of halogens is 1. The van der Waals surface area contributed by atoms with Crippen LogP contribution in [-0.2, 0) is 0 Å². The van der Waals surface area contributed by atoms with Gasteiger partial charge in [-0.2, -0.15) is 5.10 Å². The van der Waals surface area contributed by atoms with E-state index in [1.54, 1.807) is 0 Å². The molecular formula is C6H12BrN3. The van der Waals surface area contributed by atoms with Gasteiger partial charge in [-0.05, 0) is 5.92 Å². The molecule has 0 amide bonds. The molecule has 0 aliphatic carbocycles. The fraction of sp³-hybridized carbons (Fsp3) is 0.833. The molecule has 0 aromatic rings. The number of rotatable bonds is 2. The molecular weight excluding hydrogens is 194 g/mol. The molecule has 0 unspecified atom stereocenters. The standard InChI is InChI=1S/C6H12BrN3/c1-5(2)3-6-9-8-4-10(6)7/h5,8H,3-4H2,1-2H3. The van der Waals surface area contributed by atoms with Gasteiger partial charge >= 0.3 is 0 Å². The third-order valence-corrected chi connectivity index (χ3v) is 1.95. The van der Waals surface area contributed by atoms with E-state index >= 15 is 0 Å². The summed E-state index contributed by atoms with van der Waals surface area (Å²) in [7, 11) is 0. The largest absolute Gasteiger partial charge is 0.288 e. The predicted octanol–water partition coefficient (Wildman–Crippen LogP) is 1.52. The summed E-state index contributed by atoms with van der Waals surface area (Å²) in [5.41, 5.74) is 2.89. The number of nitrogens with one attached hydrogen (secondary N) is 1. The highest BCUT2D eigenvalue weighted by atomic mass is 79.9.